The van der Waals surface area contributed by atoms with Crippen molar-refractivity contribution in [2.24, 2.45) is 0 Å². The van der Waals surface area contributed by atoms with Crippen LogP contribution in [-0.2, 0) is 0 Å². The minimum absolute atomic E-state index is 0.400. The summed E-state index contributed by atoms with van der Waals surface area (Å²) in [5.41, 5.74) is 2.13. The molecular formula is C14H18N4S. The molecule has 5 heteroatoms. The second kappa shape index (κ2) is 5.77. The van der Waals surface area contributed by atoms with Crippen molar-refractivity contribution in [2.75, 3.05) is 26.2 Å². The number of hydrogen-bond acceptors (Lipinski definition) is 5. The summed E-state index contributed by atoms with van der Waals surface area (Å²) in [4.78, 5) is 11.4. The molecule has 0 spiro atoms. The van der Waals surface area contributed by atoms with E-state index in [1.54, 1.807) is 17.5 Å². The maximum Gasteiger partial charge on any atom is 0.110 e. The van der Waals surface area contributed by atoms with Crippen molar-refractivity contribution in [3.05, 3.63) is 34.9 Å². The van der Waals surface area contributed by atoms with E-state index in [1.807, 2.05) is 12.3 Å². The van der Waals surface area contributed by atoms with Gasteiger partial charge in [-0.2, -0.15) is 0 Å². The van der Waals surface area contributed by atoms with Gasteiger partial charge in [0.1, 0.15) is 5.01 Å². The van der Waals surface area contributed by atoms with Crippen molar-refractivity contribution < 1.29 is 0 Å². The molecule has 2 aromatic rings. The third kappa shape index (κ3) is 2.83. The first-order valence-corrected chi connectivity index (χ1v) is 7.53. The summed E-state index contributed by atoms with van der Waals surface area (Å²) in [6, 6.07) is 4.41. The van der Waals surface area contributed by atoms with E-state index >= 15 is 0 Å². The van der Waals surface area contributed by atoms with E-state index in [0.717, 1.165) is 37.4 Å². The zero-order chi connectivity index (χ0) is 13.1. The standard InChI is InChI=1S/C14H18N4S/c1-11(18-7-5-15-6-8-18)14-17-13(10-19-14)12-3-2-4-16-9-12/h2-4,9-11,15H,5-8H2,1H3. The van der Waals surface area contributed by atoms with Crippen LogP contribution in [0.2, 0.25) is 0 Å². The SMILES string of the molecule is CC(c1nc(-c2cccnc2)cs1)N1CCNCC1. The van der Waals surface area contributed by atoms with Gasteiger partial charge in [-0.05, 0) is 19.1 Å². The van der Waals surface area contributed by atoms with Crippen LogP contribution < -0.4 is 5.32 Å². The molecule has 0 aromatic carbocycles. The fourth-order valence-electron chi connectivity index (χ4n) is 2.35. The van der Waals surface area contributed by atoms with Gasteiger partial charge >= 0.3 is 0 Å². The molecule has 1 unspecified atom stereocenters. The van der Waals surface area contributed by atoms with Crippen LogP contribution in [0.1, 0.15) is 18.0 Å². The zero-order valence-corrected chi connectivity index (χ0v) is 11.9. The van der Waals surface area contributed by atoms with Crippen molar-refractivity contribution >= 4 is 11.3 Å². The van der Waals surface area contributed by atoms with Gasteiger partial charge in [-0.25, -0.2) is 4.98 Å². The van der Waals surface area contributed by atoms with Crippen LogP contribution in [0.15, 0.2) is 29.9 Å². The second-order valence-corrected chi connectivity index (χ2v) is 5.66. The van der Waals surface area contributed by atoms with Gasteiger partial charge < -0.3 is 5.32 Å². The summed E-state index contributed by atoms with van der Waals surface area (Å²) in [5, 5.41) is 6.71. The van der Waals surface area contributed by atoms with E-state index in [0.29, 0.717) is 6.04 Å². The van der Waals surface area contributed by atoms with Crippen LogP contribution in [0.3, 0.4) is 0 Å². The highest BCUT2D eigenvalue weighted by molar-refractivity contribution is 7.10. The molecule has 4 nitrogen and oxygen atoms in total. The molecule has 100 valence electrons. The first-order valence-electron chi connectivity index (χ1n) is 6.65. The Hall–Kier alpha value is -1.30. The molecule has 1 fully saturated rings. The van der Waals surface area contributed by atoms with E-state index in [9.17, 15) is 0 Å². The molecule has 0 aliphatic carbocycles. The summed E-state index contributed by atoms with van der Waals surface area (Å²) in [5.74, 6) is 0. The Morgan fingerprint density at radius 3 is 2.95 bits per heavy atom. The Morgan fingerprint density at radius 1 is 1.37 bits per heavy atom. The maximum atomic E-state index is 4.77. The maximum absolute atomic E-state index is 4.77. The third-order valence-corrected chi connectivity index (χ3v) is 4.55. The van der Waals surface area contributed by atoms with E-state index in [-0.39, 0.29) is 0 Å². The number of nitrogens with zero attached hydrogens (tertiary/aromatic N) is 3. The van der Waals surface area contributed by atoms with Crippen LogP contribution in [0.4, 0.5) is 0 Å². The van der Waals surface area contributed by atoms with Gasteiger partial charge in [-0.15, -0.1) is 11.3 Å². The summed E-state index contributed by atoms with van der Waals surface area (Å²) in [6.45, 7) is 6.60. The van der Waals surface area contributed by atoms with E-state index in [4.69, 9.17) is 4.98 Å². The number of piperazine rings is 1. The number of pyridine rings is 1. The molecule has 3 rings (SSSR count). The second-order valence-electron chi connectivity index (χ2n) is 4.77. The van der Waals surface area contributed by atoms with Gasteiger partial charge in [0.2, 0.25) is 0 Å². The van der Waals surface area contributed by atoms with E-state index in [2.05, 4.69) is 33.6 Å². The van der Waals surface area contributed by atoms with Crippen LogP contribution >= 0.6 is 11.3 Å². The van der Waals surface area contributed by atoms with E-state index < -0.39 is 0 Å². The average molecular weight is 274 g/mol. The summed E-state index contributed by atoms with van der Waals surface area (Å²) >= 11 is 1.75. The lowest BCUT2D eigenvalue weighted by atomic mass is 10.2. The van der Waals surface area contributed by atoms with Gasteiger partial charge in [-0.1, -0.05) is 0 Å². The van der Waals surface area contributed by atoms with Crippen LogP contribution in [-0.4, -0.2) is 41.0 Å². The highest BCUT2D eigenvalue weighted by Crippen LogP contribution is 2.28. The Bertz CT molecular complexity index is 519. The average Bonchev–Trinajstić information content (AvgIpc) is 2.98. The molecule has 0 amide bonds. The van der Waals surface area contributed by atoms with Crippen LogP contribution in [0, 0.1) is 0 Å². The largest absolute Gasteiger partial charge is 0.314 e. The zero-order valence-electron chi connectivity index (χ0n) is 11.0. The predicted molar refractivity (Wildman–Crippen MR) is 78.2 cm³/mol. The lowest BCUT2D eigenvalue weighted by Crippen LogP contribution is -2.44. The van der Waals surface area contributed by atoms with Gasteiger partial charge in [0, 0.05) is 49.5 Å². The Kier molecular flexibility index (Phi) is 3.87. The fraction of sp³-hybridized carbons (Fsp3) is 0.429. The smallest absolute Gasteiger partial charge is 0.110 e. The number of nitrogens with one attached hydrogen (secondary N) is 1. The Balaban J connectivity index is 1.77. The Morgan fingerprint density at radius 2 is 2.21 bits per heavy atom. The first kappa shape index (κ1) is 12.7. The summed E-state index contributed by atoms with van der Waals surface area (Å²) < 4.78 is 0. The third-order valence-electron chi connectivity index (χ3n) is 3.54. The minimum atomic E-state index is 0.400. The van der Waals surface area contributed by atoms with Gasteiger partial charge in [0.25, 0.3) is 0 Å². The summed E-state index contributed by atoms with van der Waals surface area (Å²) in [7, 11) is 0. The lowest BCUT2D eigenvalue weighted by Gasteiger charge is -2.31. The normalized spacial score (nSPS) is 18.4. The molecule has 1 atom stereocenters. The molecule has 19 heavy (non-hydrogen) atoms. The lowest BCUT2D eigenvalue weighted by molar-refractivity contribution is 0.185. The molecule has 0 saturated carbocycles. The minimum Gasteiger partial charge on any atom is -0.314 e. The number of aromatic nitrogens is 2. The monoisotopic (exact) mass is 274 g/mol. The number of rotatable bonds is 3. The highest BCUT2D eigenvalue weighted by atomic mass is 32.1. The molecule has 1 N–H and O–H groups in total. The number of thiazole rings is 1. The van der Waals surface area contributed by atoms with Gasteiger partial charge in [0.15, 0.2) is 0 Å². The summed E-state index contributed by atoms with van der Waals surface area (Å²) in [6.07, 6.45) is 3.66. The van der Waals surface area contributed by atoms with Crippen molar-refractivity contribution in [2.45, 2.75) is 13.0 Å². The molecule has 1 saturated heterocycles. The van der Waals surface area contributed by atoms with Gasteiger partial charge in [0.05, 0.1) is 11.7 Å². The molecule has 0 bridgehead atoms. The van der Waals surface area contributed by atoms with Crippen molar-refractivity contribution in [3.63, 3.8) is 0 Å². The van der Waals surface area contributed by atoms with Gasteiger partial charge in [-0.3, -0.25) is 9.88 Å². The van der Waals surface area contributed by atoms with E-state index in [1.165, 1.54) is 5.01 Å². The van der Waals surface area contributed by atoms with Crippen molar-refractivity contribution in [1.82, 2.24) is 20.2 Å². The predicted octanol–water partition coefficient (Wildman–Crippen LogP) is 2.17. The quantitative estimate of drug-likeness (QED) is 0.931. The molecular weight excluding hydrogens is 256 g/mol. The van der Waals surface area contributed by atoms with Crippen LogP contribution in [0.5, 0.6) is 0 Å². The molecule has 0 radical (unpaired) electrons. The molecule has 1 aliphatic rings. The van der Waals surface area contributed by atoms with Crippen LogP contribution in [0.25, 0.3) is 11.3 Å². The molecule has 3 heterocycles. The fourth-order valence-corrected chi connectivity index (χ4v) is 3.27. The number of hydrogen-bond donors (Lipinski definition) is 1. The highest BCUT2D eigenvalue weighted by Gasteiger charge is 2.20. The Labute approximate surface area is 117 Å². The molecule has 2 aromatic heterocycles. The first-order chi connectivity index (χ1) is 9.34. The molecule has 1 aliphatic heterocycles. The van der Waals surface area contributed by atoms with Crippen molar-refractivity contribution in [3.8, 4) is 11.3 Å². The topological polar surface area (TPSA) is 41.1 Å². The van der Waals surface area contributed by atoms with Crippen molar-refractivity contribution in [1.29, 1.82) is 0 Å².